The maximum absolute atomic E-state index is 12.8. The van der Waals surface area contributed by atoms with Crippen molar-refractivity contribution in [2.75, 3.05) is 11.4 Å². The molecule has 1 fully saturated rings. The van der Waals surface area contributed by atoms with E-state index in [2.05, 4.69) is 0 Å². The summed E-state index contributed by atoms with van der Waals surface area (Å²) in [5.41, 5.74) is 7.44. The highest BCUT2D eigenvalue weighted by Gasteiger charge is 2.29. The zero-order chi connectivity index (χ0) is 15.5. The van der Waals surface area contributed by atoms with Crippen molar-refractivity contribution >= 4 is 11.6 Å². The van der Waals surface area contributed by atoms with E-state index in [1.807, 2.05) is 24.3 Å². The zero-order valence-electron chi connectivity index (χ0n) is 12.0. The molecule has 2 aromatic carbocycles. The van der Waals surface area contributed by atoms with Crippen LogP contribution in [0.2, 0.25) is 0 Å². The minimum Gasteiger partial charge on any atom is -0.489 e. The molecule has 0 radical (unpaired) electrons. The number of hydrogen-bond donors (Lipinski definition) is 1. The monoisotopic (exact) mass is 300 g/mol. The third-order valence-corrected chi connectivity index (χ3v) is 3.71. The van der Waals surface area contributed by atoms with Crippen molar-refractivity contribution in [2.45, 2.75) is 19.1 Å². The lowest BCUT2D eigenvalue weighted by Crippen LogP contribution is -2.33. The Morgan fingerprint density at radius 1 is 1.14 bits per heavy atom. The molecule has 5 heteroatoms. The van der Waals surface area contributed by atoms with Gasteiger partial charge in [0.15, 0.2) is 0 Å². The number of nitrogens with zero attached hydrogens (tertiary/aromatic N) is 1. The van der Waals surface area contributed by atoms with Crippen molar-refractivity contribution in [2.24, 2.45) is 5.73 Å². The van der Waals surface area contributed by atoms with E-state index in [-0.39, 0.29) is 11.7 Å². The van der Waals surface area contributed by atoms with Crippen LogP contribution in [0.5, 0.6) is 5.75 Å². The lowest BCUT2D eigenvalue weighted by Gasteiger charge is -2.16. The van der Waals surface area contributed by atoms with Gasteiger partial charge in [0, 0.05) is 12.2 Å². The van der Waals surface area contributed by atoms with Crippen molar-refractivity contribution in [1.82, 2.24) is 0 Å². The van der Waals surface area contributed by atoms with Gasteiger partial charge in [0.1, 0.15) is 18.2 Å². The predicted octanol–water partition coefficient (Wildman–Crippen LogP) is 2.47. The third-order valence-electron chi connectivity index (χ3n) is 3.71. The van der Waals surface area contributed by atoms with Gasteiger partial charge in [-0.1, -0.05) is 12.1 Å². The van der Waals surface area contributed by atoms with Gasteiger partial charge in [0.25, 0.3) is 0 Å². The number of carbonyl (C=O) groups is 1. The van der Waals surface area contributed by atoms with Crippen LogP contribution >= 0.6 is 0 Å². The number of anilines is 1. The van der Waals surface area contributed by atoms with Gasteiger partial charge in [-0.25, -0.2) is 4.39 Å². The summed E-state index contributed by atoms with van der Waals surface area (Å²) in [7, 11) is 0. The Morgan fingerprint density at radius 2 is 1.82 bits per heavy atom. The first-order valence-electron chi connectivity index (χ1n) is 7.18. The van der Waals surface area contributed by atoms with E-state index < -0.39 is 6.04 Å². The van der Waals surface area contributed by atoms with Gasteiger partial charge in [0.2, 0.25) is 5.91 Å². The van der Waals surface area contributed by atoms with E-state index in [0.717, 1.165) is 11.3 Å². The molecule has 0 spiro atoms. The SMILES string of the molecule is N[C@H]1CCN(c2ccc(OCc3ccc(F)cc3)cc2)C1=O. The molecule has 0 aromatic heterocycles. The normalized spacial score (nSPS) is 17.8. The maximum Gasteiger partial charge on any atom is 0.243 e. The van der Waals surface area contributed by atoms with Crippen molar-refractivity contribution in [1.29, 1.82) is 0 Å². The lowest BCUT2D eigenvalue weighted by atomic mass is 10.2. The largest absolute Gasteiger partial charge is 0.489 e. The Balaban J connectivity index is 1.62. The summed E-state index contributed by atoms with van der Waals surface area (Å²) >= 11 is 0. The quantitative estimate of drug-likeness (QED) is 0.943. The van der Waals surface area contributed by atoms with Gasteiger partial charge >= 0.3 is 0 Å². The first kappa shape index (κ1) is 14.5. The highest BCUT2D eigenvalue weighted by atomic mass is 19.1. The summed E-state index contributed by atoms with van der Waals surface area (Å²) in [5, 5.41) is 0. The average molecular weight is 300 g/mol. The van der Waals surface area contributed by atoms with E-state index in [1.54, 1.807) is 17.0 Å². The van der Waals surface area contributed by atoms with Crippen LogP contribution in [0.4, 0.5) is 10.1 Å². The van der Waals surface area contributed by atoms with E-state index in [4.69, 9.17) is 10.5 Å². The fourth-order valence-corrected chi connectivity index (χ4v) is 2.43. The molecule has 1 saturated heterocycles. The number of amides is 1. The Kier molecular flexibility index (Phi) is 4.06. The standard InChI is InChI=1S/C17H17FN2O2/c18-13-3-1-12(2-4-13)11-22-15-7-5-14(6-8-15)20-10-9-16(19)17(20)21/h1-8,16H,9-11,19H2/t16-/m0/s1. The molecule has 114 valence electrons. The van der Waals surface area contributed by atoms with Gasteiger partial charge < -0.3 is 15.4 Å². The van der Waals surface area contributed by atoms with Crippen LogP contribution in [0.3, 0.4) is 0 Å². The minimum absolute atomic E-state index is 0.0417. The highest BCUT2D eigenvalue weighted by Crippen LogP contribution is 2.24. The molecule has 1 aliphatic heterocycles. The van der Waals surface area contributed by atoms with Crippen molar-refractivity contribution in [3.63, 3.8) is 0 Å². The fourth-order valence-electron chi connectivity index (χ4n) is 2.43. The molecule has 0 bridgehead atoms. The molecule has 0 aliphatic carbocycles. The third kappa shape index (κ3) is 3.09. The topological polar surface area (TPSA) is 55.6 Å². The average Bonchev–Trinajstić information content (AvgIpc) is 2.87. The summed E-state index contributed by atoms with van der Waals surface area (Å²) in [6.45, 7) is 1.02. The zero-order valence-corrected chi connectivity index (χ0v) is 12.0. The number of halogens is 1. The summed E-state index contributed by atoms with van der Waals surface area (Å²) in [4.78, 5) is 13.6. The van der Waals surface area contributed by atoms with Crippen LogP contribution in [-0.4, -0.2) is 18.5 Å². The molecule has 1 amide bonds. The number of benzene rings is 2. The molecule has 4 nitrogen and oxygen atoms in total. The van der Waals surface area contributed by atoms with Crippen LogP contribution in [-0.2, 0) is 11.4 Å². The first-order chi connectivity index (χ1) is 10.6. The predicted molar refractivity (Wildman–Crippen MR) is 82.1 cm³/mol. The van der Waals surface area contributed by atoms with Crippen LogP contribution < -0.4 is 15.4 Å². The van der Waals surface area contributed by atoms with Crippen LogP contribution in [0, 0.1) is 5.82 Å². The summed E-state index contributed by atoms with van der Waals surface area (Å²) < 4.78 is 18.5. The second-order valence-electron chi connectivity index (χ2n) is 5.29. The van der Waals surface area contributed by atoms with Crippen molar-refractivity contribution < 1.29 is 13.9 Å². The van der Waals surface area contributed by atoms with Crippen molar-refractivity contribution in [3.05, 3.63) is 59.9 Å². The fraction of sp³-hybridized carbons (Fsp3) is 0.235. The molecule has 1 aliphatic rings. The lowest BCUT2D eigenvalue weighted by molar-refractivity contribution is -0.118. The van der Waals surface area contributed by atoms with E-state index in [9.17, 15) is 9.18 Å². The Labute approximate surface area is 128 Å². The molecule has 2 N–H and O–H groups in total. The molecule has 22 heavy (non-hydrogen) atoms. The number of nitrogens with two attached hydrogens (primary N) is 1. The van der Waals surface area contributed by atoms with Gasteiger partial charge in [-0.05, 0) is 48.4 Å². The molecule has 0 unspecified atom stereocenters. The molecule has 2 aromatic rings. The summed E-state index contributed by atoms with van der Waals surface area (Å²) in [6, 6.07) is 13.1. The Bertz CT molecular complexity index is 655. The van der Waals surface area contributed by atoms with Crippen molar-refractivity contribution in [3.8, 4) is 5.75 Å². The molecule has 1 heterocycles. The molecule has 3 rings (SSSR count). The van der Waals surface area contributed by atoms with Gasteiger partial charge in [-0.3, -0.25) is 4.79 Å². The molecule has 0 saturated carbocycles. The second-order valence-corrected chi connectivity index (χ2v) is 5.29. The Morgan fingerprint density at radius 3 is 2.41 bits per heavy atom. The Hall–Kier alpha value is -2.40. The molecular formula is C17H17FN2O2. The van der Waals surface area contributed by atoms with E-state index >= 15 is 0 Å². The number of rotatable bonds is 4. The van der Waals surface area contributed by atoms with Crippen LogP contribution in [0.25, 0.3) is 0 Å². The second kappa shape index (κ2) is 6.15. The van der Waals surface area contributed by atoms with Gasteiger partial charge in [0.05, 0.1) is 6.04 Å². The summed E-state index contributed by atoms with van der Waals surface area (Å²) in [5.74, 6) is 0.394. The van der Waals surface area contributed by atoms with Crippen LogP contribution in [0.15, 0.2) is 48.5 Å². The van der Waals surface area contributed by atoms with E-state index in [0.29, 0.717) is 25.3 Å². The van der Waals surface area contributed by atoms with Gasteiger partial charge in [-0.2, -0.15) is 0 Å². The number of ether oxygens (including phenoxy) is 1. The smallest absolute Gasteiger partial charge is 0.243 e. The minimum atomic E-state index is -0.394. The number of hydrogen-bond acceptors (Lipinski definition) is 3. The van der Waals surface area contributed by atoms with E-state index in [1.165, 1.54) is 12.1 Å². The van der Waals surface area contributed by atoms with Crippen LogP contribution in [0.1, 0.15) is 12.0 Å². The molecular weight excluding hydrogens is 283 g/mol. The highest BCUT2D eigenvalue weighted by molar-refractivity contribution is 5.99. The summed E-state index contributed by atoms with van der Waals surface area (Å²) in [6.07, 6.45) is 0.682. The number of carbonyl (C=O) groups excluding carboxylic acids is 1. The van der Waals surface area contributed by atoms with Gasteiger partial charge in [-0.15, -0.1) is 0 Å². The maximum atomic E-state index is 12.8. The molecule has 1 atom stereocenters. The first-order valence-corrected chi connectivity index (χ1v) is 7.18.